The lowest BCUT2D eigenvalue weighted by molar-refractivity contribution is 0.0905. The van der Waals surface area contributed by atoms with Crippen molar-refractivity contribution < 1.29 is 17.8 Å². The van der Waals surface area contributed by atoms with E-state index in [9.17, 15) is 17.8 Å². The van der Waals surface area contributed by atoms with Crippen molar-refractivity contribution in [1.29, 1.82) is 0 Å². The largest absolute Gasteiger partial charge is 0.294 e. The summed E-state index contributed by atoms with van der Waals surface area (Å²) in [7, 11) is -4.28. The maximum atomic E-state index is 13.3. The number of hydrogen-bond acceptors (Lipinski definition) is 4. The molecule has 0 saturated heterocycles. The molecule has 2 aromatic carbocycles. The highest BCUT2D eigenvalue weighted by molar-refractivity contribution is 7.85. The quantitative estimate of drug-likeness (QED) is 0.106. The Kier molecular flexibility index (Phi) is 12.2. The second kappa shape index (κ2) is 15.6. The Morgan fingerprint density at radius 1 is 0.816 bits per heavy atom. The number of unbranched alkanes of at least 4 members (excludes halogenated alkanes) is 11. The van der Waals surface area contributed by atoms with E-state index in [-0.39, 0.29) is 10.8 Å². The maximum absolute atomic E-state index is 13.3. The second-order valence-electron chi connectivity index (χ2n) is 9.99. The van der Waals surface area contributed by atoms with Crippen molar-refractivity contribution in [2.75, 3.05) is 0 Å². The van der Waals surface area contributed by atoms with E-state index in [2.05, 4.69) is 24.1 Å². The van der Waals surface area contributed by atoms with E-state index < -0.39 is 10.1 Å². The average molecular weight is 539 g/mol. The van der Waals surface area contributed by atoms with Gasteiger partial charge in [0.1, 0.15) is 5.82 Å². The predicted octanol–water partition coefficient (Wildman–Crippen LogP) is 8.63. The first kappa shape index (κ1) is 29.8. The van der Waals surface area contributed by atoms with Gasteiger partial charge in [-0.15, -0.1) is 0 Å². The van der Waals surface area contributed by atoms with Gasteiger partial charge in [-0.2, -0.15) is 8.42 Å². The van der Waals surface area contributed by atoms with Crippen LogP contribution in [0, 0.1) is 0 Å². The zero-order chi connectivity index (χ0) is 27.2. The van der Waals surface area contributed by atoms with Crippen LogP contribution in [0.15, 0.2) is 65.6 Å². The Labute approximate surface area is 227 Å². The van der Waals surface area contributed by atoms with E-state index in [1.54, 1.807) is 16.7 Å². The van der Waals surface area contributed by atoms with Crippen molar-refractivity contribution in [3.05, 3.63) is 60.7 Å². The molecule has 0 radical (unpaired) electrons. The van der Waals surface area contributed by atoms with Gasteiger partial charge in [0.15, 0.2) is 0 Å². The Balaban J connectivity index is 1.44. The van der Waals surface area contributed by atoms with E-state index in [1.807, 2.05) is 24.3 Å². The molecular formula is C31H42N2O4S. The van der Waals surface area contributed by atoms with Gasteiger partial charge in [-0.3, -0.25) is 13.9 Å². The normalized spacial score (nSPS) is 12.1. The molecule has 0 atom stereocenters. The zero-order valence-electron chi connectivity index (χ0n) is 22.6. The standard InChI is InChI=1S/C31H42N2O4S/c1-2-3-4-5-6-7-8-9-10-11-12-13-14-15-16-21-30(34)33-29-20-18-17-19-28(29)32-31(33)26-22-24-27(25-23-26)38(35,36)37/h9-10,17-20,22-25H,2-8,11-16,21H2,1H3,(H,35,36,37). The molecule has 1 aromatic heterocycles. The first-order valence-electron chi connectivity index (χ1n) is 14.2. The molecule has 0 bridgehead atoms. The molecular weight excluding hydrogens is 496 g/mol. The van der Waals surface area contributed by atoms with Crippen molar-refractivity contribution in [2.24, 2.45) is 0 Å². The number of carbonyl (C=O) groups is 1. The summed E-state index contributed by atoms with van der Waals surface area (Å²) < 4.78 is 33.7. The molecule has 0 aliphatic heterocycles. The minimum absolute atomic E-state index is 0.0230. The molecule has 0 aliphatic rings. The van der Waals surface area contributed by atoms with E-state index >= 15 is 0 Å². The molecule has 3 rings (SSSR count). The average Bonchev–Trinajstić information content (AvgIpc) is 3.30. The molecule has 7 heteroatoms. The van der Waals surface area contributed by atoms with Crippen LogP contribution in [0.2, 0.25) is 0 Å². The molecule has 3 aromatic rings. The van der Waals surface area contributed by atoms with E-state index in [1.165, 1.54) is 69.9 Å². The highest BCUT2D eigenvalue weighted by Crippen LogP contribution is 2.27. The molecule has 38 heavy (non-hydrogen) atoms. The fourth-order valence-electron chi connectivity index (χ4n) is 4.71. The van der Waals surface area contributed by atoms with Gasteiger partial charge in [0.25, 0.3) is 10.1 Å². The van der Waals surface area contributed by atoms with E-state index in [0.717, 1.165) is 31.2 Å². The molecule has 0 unspecified atom stereocenters. The number of imidazole rings is 1. The predicted molar refractivity (Wildman–Crippen MR) is 155 cm³/mol. The number of para-hydroxylation sites is 2. The Bertz CT molecular complexity index is 1280. The summed E-state index contributed by atoms with van der Waals surface area (Å²) in [5.74, 6) is 0.455. The van der Waals surface area contributed by atoms with Crippen LogP contribution in [0.25, 0.3) is 22.4 Å². The number of benzene rings is 2. The van der Waals surface area contributed by atoms with Crippen LogP contribution >= 0.6 is 0 Å². The molecule has 206 valence electrons. The summed E-state index contributed by atoms with van der Waals surface area (Å²) in [6.07, 6.45) is 20.8. The molecule has 0 aliphatic carbocycles. The van der Waals surface area contributed by atoms with Gasteiger partial charge in [-0.05, 0) is 68.5 Å². The zero-order valence-corrected chi connectivity index (χ0v) is 23.5. The minimum atomic E-state index is -4.28. The first-order chi connectivity index (χ1) is 18.4. The van der Waals surface area contributed by atoms with Gasteiger partial charge in [-0.25, -0.2) is 4.98 Å². The highest BCUT2D eigenvalue weighted by Gasteiger charge is 2.18. The van der Waals surface area contributed by atoms with Crippen LogP contribution in [-0.2, 0) is 10.1 Å². The minimum Gasteiger partial charge on any atom is -0.282 e. The number of aromatic nitrogens is 2. The third-order valence-corrected chi connectivity index (χ3v) is 7.74. The van der Waals surface area contributed by atoms with Crippen LogP contribution < -0.4 is 0 Å². The van der Waals surface area contributed by atoms with Crippen molar-refractivity contribution in [1.82, 2.24) is 9.55 Å². The van der Waals surface area contributed by atoms with E-state index in [0.29, 0.717) is 23.3 Å². The fourth-order valence-corrected chi connectivity index (χ4v) is 5.19. The summed E-state index contributed by atoms with van der Waals surface area (Å²) in [5, 5.41) is 0. The Morgan fingerprint density at radius 2 is 1.39 bits per heavy atom. The SMILES string of the molecule is CCCCCCCCC=CCCCCCCCC(=O)n1c(-c2ccc(S(=O)(=O)O)cc2)nc2ccccc21. The topological polar surface area (TPSA) is 89.3 Å². The fraction of sp³-hybridized carbons (Fsp3) is 0.484. The van der Waals surface area contributed by atoms with Gasteiger partial charge >= 0.3 is 0 Å². The lowest BCUT2D eigenvalue weighted by atomic mass is 10.1. The van der Waals surface area contributed by atoms with Gasteiger partial charge < -0.3 is 0 Å². The lowest BCUT2D eigenvalue weighted by Crippen LogP contribution is -2.12. The molecule has 1 heterocycles. The summed E-state index contributed by atoms with van der Waals surface area (Å²) in [5.41, 5.74) is 2.06. The third kappa shape index (κ3) is 9.21. The Morgan fingerprint density at radius 3 is 2.03 bits per heavy atom. The summed E-state index contributed by atoms with van der Waals surface area (Å²) in [4.78, 5) is 17.7. The smallest absolute Gasteiger partial charge is 0.282 e. The van der Waals surface area contributed by atoms with Gasteiger partial charge in [0.2, 0.25) is 5.91 Å². The number of rotatable bonds is 17. The molecule has 6 nitrogen and oxygen atoms in total. The number of hydrogen-bond donors (Lipinski definition) is 1. The van der Waals surface area contributed by atoms with Crippen LogP contribution in [-0.4, -0.2) is 28.4 Å². The van der Waals surface area contributed by atoms with Crippen molar-refractivity contribution in [2.45, 2.75) is 102 Å². The number of allylic oxidation sites excluding steroid dienone is 2. The monoisotopic (exact) mass is 538 g/mol. The summed E-state index contributed by atoms with van der Waals surface area (Å²) in [6.45, 7) is 2.25. The van der Waals surface area contributed by atoms with Gasteiger partial charge in [-0.1, -0.05) is 82.6 Å². The summed E-state index contributed by atoms with van der Waals surface area (Å²) >= 11 is 0. The first-order valence-corrected chi connectivity index (χ1v) is 15.6. The molecule has 0 saturated carbocycles. The molecule has 0 amide bonds. The lowest BCUT2D eigenvalue weighted by Gasteiger charge is -2.09. The van der Waals surface area contributed by atoms with Gasteiger partial charge in [0.05, 0.1) is 15.9 Å². The van der Waals surface area contributed by atoms with E-state index in [4.69, 9.17) is 0 Å². The summed E-state index contributed by atoms with van der Waals surface area (Å²) in [6, 6.07) is 13.3. The highest BCUT2D eigenvalue weighted by atomic mass is 32.2. The van der Waals surface area contributed by atoms with Crippen LogP contribution in [0.1, 0.15) is 102 Å². The second-order valence-corrected chi connectivity index (χ2v) is 11.4. The van der Waals surface area contributed by atoms with Crippen LogP contribution in [0.4, 0.5) is 0 Å². The van der Waals surface area contributed by atoms with Crippen LogP contribution in [0.5, 0.6) is 0 Å². The maximum Gasteiger partial charge on any atom is 0.294 e. The third-order valence-electron chi connectivity index (χ3n) is 6.87. The number of carbonyl (C=O) groups excluding carboxylic acids is 1. The number of fused-ring (bicyclic) bond motifs is 1. The van der Waals surface area contributed by atoms with Gasteiger partial charge in [0, 0.05) is 12.0 Å². The molecule has 0 fully saturated rings. The molecule has 1 N–H and O–H groups in total. The molecule has 0 spiro atoms. The van der Waals surface area contributed by atoms with Crippen LogP contribution in [0.3, 0.4) is 0 Å². The number of nitrogens with zero attached hydrogens (tertiary/aromatic N) is 2. The Hall–Kier alpha value is -2.77. The van der Waals surface area contributed by atoms with Crippen molar-refractivity contribution >= 4 is 27.1 Å². The van der Waals surface area contributed by atoms with Crippen molar-refractivity contribution in [3.8, 4) is 11.4 Å². The van der Waals surface area contributed by atoms with Crippen molar-refractivity contribution in [3.63, 3.8) is 0 Å².